The Bertz CT molecular complexity index is 428. The van der Waals surface area contributed by atoms with Crippen molar-refractivity contribution in [3.63, 3.8) is 0 Å². The average molecular weight is 342 g/mol. The van der Waals surface area contributed by atoms with E-state index in [0.29, 0.717) is 0 Å². The normalized spacial score (nSPS) is 14.2. The second-order valence-corrected chi connectivity index (χ2v) is 5.87. The average Bonchev–Trinajstić information content (AvgIpc) is 2.55. The zero-order valence-corrected chi connectivity index (χ0v) is 15.0. The molecule has 1 heterocycles. The molecule has 1 rings (SSSR count). The van der Waals surface area contributed by atoms with Crippen LogP contribution in [0.25, 0.3) is 0 Å². The number of amides is 1. The number of rotatable bonds is 7. The molecule has 0 aromatic heterocycles. The number of carbonyl (C=O) groups excluding carboxylic acids is 1. The van der Waals surface area contributed by atoms with Crippen LogP contribution in [0.15, 0.2) is 11.6 Å². The van der Waals surface area contributed by atoms with E-state index in [-0.39, 0.29) is 5.91 Å². The van der Waals surface area contributed by atoms with E-state index in [1.807, 2.05) is 0 Å². The van der Waals surface area contributed by atoms with Crippen molar-refractivity contribution in [3.05, 3.63) is 11.6 Å². The van der Waals surface area contributed by atoms with Crippen molar-refractivity contribution in [1.82, 2.24) is 9.80 Å². The van der Waals surface area contributed by atoms with E-state index in [4.69, 9.17) is 19.8 Å². The summed E-state index contributed by atoms with van der Waals surface area (Å²) in [7, 11) is 2.09. The van der Waals surface area contributed by atoms with E-state index >= 15 is 0 Å². The number of aliphatic carboxylic acids is 2. The maximum atomic E-state index is 12.5. The van der Waals surface area contributed by atoms with Crippen LogP contribution >= 0.6 is 0 Å². The first-order valence-electron chi connectivity index (χ1n) is 8.46. The summed E-state index contributed by atoms with van der Waals surface area (Å²) in [5.41, 5.74) is 0.996. The lowest BCUT2D eigenvalue weighted by Crippen LogP contribution is -2.38. The highest BCUT2D eigenvalue weighted by Crippen LogP contribution is 2.12. The Morgan fingerprint density at radius 3 is 1.96 bits per heavy atom. The maximum Gasteiger partial charge on any atom is 0.414 e. The first kappa shape index (κ1) is 22.1. The van der Waals surface area contributed by atoms with Crippen molar-refractivity contribution < 1.29 is 24.6 Å². The summed E-state index contributed by atoms with van der Waals surface area (Å²) in [5, 5.41) is 14.8. The lowest BCUT2D eigenvalue weighted by atomic mass is 10.1. The molecule has 24 heavy (non-hydrogen) atoms. The second kappa shape index (κ2) is 12.5. The Balaban J connectivity index is 0.000000754. The van der Waals surface area contributed by atoms with Crippen LogP contribution in [-0.4, -0.2) is 71.1 Å². The SMILES string of the molecule is CCCCN(CCCC)C(=O)C1=CCCN(C)C1.O=C(O)C(=O)O. The summed E-state index contributed by atoms with van der Waals surface area (Å²) >= 11 is 0. The van der Waals surface area contributed by atoms with Crippen molar-refractivity contribution in [2.45, 2.75) is 46.0 Å². The quantitative estimate of drug-likeness (QED) is 0.685. The molecule has 2 N–H and O–H groups in total. The number of unbranched alkanes of at least 4 members (excludes halogenated alkanes) is 2. The third kappa shape index (κ3) is 9.29. The predicted molar refractivity (Wildman–Crippen MR) is 91.9 cm³/mol. The molecular weight excluding hydrogens is 312 g/mol. The molecule has 1 amide bonds. The van der Waals surface area contributed by atoms with Gasteiger partial charge >= 0.3 is 11.9 Å². The maximum absolute atomic E-state index is 12.5. The minimum absolute atomic E-state index is 0.267. The Hall–Kier alpha value is -1.89. The zero-order valence-electron chi connectivity index (χ0n) is 15.0. The van der Waals surface area contributed by atoms with Gasteiger partial charge in [-0.15, -0.1) is 0 Å². The van der Waals surface area contributed by atoms with Gasteiger partial charge in [-0.25, -0.2) is 9.59 Å². The van der Waals surface area contributed by atoms with Crippen LogP contribution in [-0.2, 0) is 14.4 Å². The van der Waals surface area contributed by atoms with Crippen molar-refractivity contribution in [2.24, 2.45) is 0 Å². The predicted octanol–water partition coefficient (Wildman–Crippen LogP) is 1.83. The molecule has 1 aliphatic heterocycles. The highest BCUT2D eigenvalue weighted by atomic mass is 16.4. The Kier molecular flexibility index (Phi) is 11.5. The van der Waals surface area contributed by atoms with Crippen LogP contribution in [0.1, 0.15) is 46.0 Å². The van der Waals surface area contributed by atoms with Crippen molar-refractivity contribution in [3.8, 4) is 0 Å². The largest absolute Gasteiger partial charge is 0.473 e. The van der Waals surface area contributed by atoms with Crippen LogP contribution in [0, 0.1) is 0 Å². The van der Waals surface area contributed by atoms with E-state index in [2.05, 4.69) is 36.8 Å². The monoisotopic (exact) mass is 342 g/mol. The molecule has 0 unspecified atom stereocenters. The van der Waals surface area contributed by atoms with Gasteiger partial charge < -0.3 is 20.0 Å². The van der Waals surface area contributed by atoms with Gasteiger partial charge in [0, 0.05) is 31.8 Å². The van der Waals surface area contributed by atoms with E-state index < -0.39 is 11.9 Å². The van der Waals surface area contributed by atoms with Gasteiger partial charge in [0.15, 0.2) is 0 Å². The van der Waals surface area contributed by atoms with Gasteiger partial charge in [-0.3, -0.25) is 4.79 Å². The standard InChI is InChI=1S/C15H28N2O.C2H2O4/c1-4-6-11-17(12-7-5-2)15(18)14-9-8-10-16(3)13-14;3-1(4)2(5)6/h9H,4-8,10-13H2,1-3H3;(H,3,4)(H,5,6). The molecular formula is C17H30N2O5. The van der Waals surface area contributed by atoms with Gasteiger partial charge in [0.2, 0.25) is 0 Å². The molecule has 1 aliphatic rings. The second-order valence-electron chi connectivity index (χ2n) is 5.87. The first-order chi connectivity index (χ1) is 11.3. The van der Waals surface area contributed by atoms with Gasteiger partial charge in [0.25, 0.3) is 5.91 Å². The third-order valence-electron chi connectivity index (χ3n) is 3.65. The van der Waals surface area contributed by atoms with Crippen LogP contribution in [0.3, 0.4) is 0 Å². The molecule has 0 radical (unpaired) electrons. The van der Waals surface area contributed by atoms with Crippen molar-refractivity contribution in [2.75, 3.05) is 33.2 Å². The summed E-state index contributed by atoms with van der Waals surface area (Å²) < 4.78 is 0. The Labute approximate surface area is 143 Å². The highest BCUT2D eigenvalue weighted by Gasteiger charge is 2.20. The van der Waals surface area contributed by atoms with Gasteiger partial charge in [-0.2, -0.15) is 0 Å². The highest BCUT2D eigenvalue weighted by molar-refractivity contribution is 6.27. The number of hydrogen-bond donors (Lipinski definition) is 2. The summed E-state index contributed by atoms with van der Waals surface area (Å²) in [6.45, 7) is 8.06. The van der Waals surface area contributed by atoms with Crippen LogP contribution in [0.2, 0.25) is 0 Å². The summed E-state index contributed by atoms with van der Waals surface area (Å²) in [6, 6.07) is 0. The van der Waals surface area contributed by atoms with E-state index in [1.54, 1.807) is 0 Å². The zero-order chi connectivity index (χ0) is 18.5. The fourth-order valence-corrected chi connectivity index (χ4v) is 2.26. The Morgan fingerprint density at radius 2 is 1.58 bits per heavy atom. The van der Waals surface area contributed by atoms with Gasteiger partial charge in [-0.05, 0) is 26.3 Å². The fourth-order valence-electron chi connectivity index (χ4n) is 2.26. The number of hydrogen-bond acceptors (Lipinski definition) is 4. The molecule has 0 saturated heterocycles. The molecule has 0 spiro atoms. The number of nitrogens with zero attached hydrogens (tertiary/aromatic N) is 2. The van der Waals surface area contributed by atoms with E-state index in [9.17, 15) is 4.79 Å². The lowest BCUT2D eigenvalue weighted by molar-refractivity contribution is -0.159. The molecule has 0 bridgehead atoms. The van der Waals surface area contributed by atoms with Crippen LogP contribution in [0.4, 0.5) is 0 Å². The topological polar surface area (TPSA) is 98.2 Å². The van der Waals surface area contributed by atoms with Crippen LogP contribution in [0.5, 0.6) is 0 Å². The van der Waals surface area contributed by atoms with E-state index in [1.165, 1.54) is 0 Å². The number of carboxylic acid groups (broad SMARTS) is 2. The van der Waals surface area contributed by atoms with Crippen LogP contribution < -0.4 is 0 Å². The molecule has 0 fully saturated rings. The van der Waals surface area contributed by atoms with Crippen molar-refractivity contribution in [1.29, 1.82) is 0 Å². The number of likely N-dealkylation sites (N-methyl/N-ethyl adjacent to an activating group) is 1. The molecule has 0 atom stereocenters. The lowest BCUT2D eigenvalue weighted by Gasteiger charge is -2.28. The first-order valence-corrected chi connectivity index (χ1v) is 8.46. The number of carbonyl (C=O) groups is 3. The molecule has 0 aliphatic carbocycles. The van der Waals surface area contributed by atoms with Gasteiger partial charge in [0.05, 0.1) is 0 Å². The summed E-state index contributed by atoms with van der Waals surface area (Å²) in [5.74, 6) is -3.38. The molecule has 138 valence electrons. The summed E-state index contributed by atoms with van der Waals surface area (Å²) in [6.07, 6.45) is 7.65. The van der Waals surface area contributed by atoms with Gasteiger partial charge in [-0.1, -0.05) is 32.8 Å². The molecule has 0 aromatic carbocycles. The molecule has 7 nitrogen and oxygen atoms in total. The fraction of sp³-hybridized carbons (Fsp3) is 0.706. The molecule has 0 saturated carbocycles. The minimum atomic E-state index is -1.82. The third-order valence-corrected chi connectivity index (χ3v) is 3.65. The number of carboxylic acids is 2. The van der Waals surface area contributed by atoms with Crippen molar-refractivity contribution >= 4 is 17.8 Å². The Morgan fingerprint density at radius 1 is 1.08 bits per heavy atom. The minimum Gasteiger partial charge on any atom is -0.473 e. The van der Waals surface area contributed by atoms with E-state index in [0.717, 1.165) is 63.9 Å². The molecule has 0 aromatic rings. The van der Waals surface area contributed by atoms with Gasteiger partial charge in [0.1, 0.15) is 0 Å². The smallest absolute Gasteiger partial charge is 0.414 e. The summed E-state index contributed by atoms with van der Waals surface area (Å²) in [4.78, 5) is 35.0. The molecule has 7 heteroatoms.